The fourth-order valence-electron chi connectivity index (χ4n) is 2.24. The molecule has 0 aromatic rings. The van der Waals surface area contributed by atoms with Crippen molar-refractivity contribution in [2.24, 2.45) is 11.7 Å². The molecule has 0 aromatic heterocycles. The Bertz CT molecular complexity index is 191. The molecule has 1 atom stereocenters. The summed E-state index contributed by atoms with van der Waals surface area (Å²) < 4.78 is 4.66. The van der Waals surface area contributed by atoms with E-state index in [0.717, 1.165) is 5.92 Å². The van der Waals surface area contributed by atoms with E-state index in [1.807, 2.05) is 0 Å². The number of carbonyl (C=O) groups is 1. The third-order valence-corrected chi connectivity index (χ3v) is 3.17. The Labute approximate surface area is 91.5 Å². The van der Waals surface area contributed by atoms with Gasteiger partial charge in [0, 0.05) is 12.6 Å². The van der Waals surface area contributed by atoms with Crippen molar-refractivity contribution < 1.29 is 9.53 Å². The van der Waals surface area contributed by atoms with Crippen molar-refractivity contribution in [3.63, 3.8) is 0 Å². The molecule has 3 N–H and O–H groups in total. The summed E-state index contributed by atoms with van der Waals surface area (Å²) in [5.41, 5.74) is 4.86. The van der Waals surface area contributed by atoms with E-state index in [2.05, 4.69) is 17.0 Å². The third kappa shape index (κ3) is 5.02. The highest BCUT2D eigenvalue weighted by Gasteiger charge is 2.19. The van der Waals surface area contributed by atoms with Crippen LogP contribution in [-0.4, -0.2) is 25.3 Å². The van der Waals surface area contributed by atoms with Crippen LogP contribution in [0.1, 0.15) is 39.0 Å². The maximum Gasteiger partial charge on any atom is 0.404 e. The molecule has 1 amide bonds. The second-order valence-corrected chi connectivity index (χ2v) is 4.31. The van der Waals surface area contributed by atoms with E-state index in [4.69, 9.17) is 5.73 Å². The van der Waals surface area contributed by atoms with Gasteiger partial charge < -0.3 is 15.8 Å². The molecule has 1 rings (SSSR count). The van der Waals surface area contributed by atoms with Gasteiger partial charge in [0.05, 0.1) is 0 Å². The third-order valence-electron chi connectivity index (χ3n) is 3.17. The number of hydrogen-bond acceptors (Lipinski definition) is 3. The van der Waals surface area contributed by atoms with Crippen molar-refractivity contribution in [1.29, 1.82) is 0 Å². The van der Waals surface area contributed by atoms with Gasteiger partial charge in [0.2, 0.25) is 0 Å². The van der Waals surface area contributed by atoms with Gasteiger partial charge in [-0.2, -0.15) is 0 Å². The van der Waals surface area contributed by atoms with Crippen molar-refractivity contribution in [2.75, 3.05) is 13.2 Å². The lowest BCUT2D eigenvalue weighted by molar-refractivity contribution is 0.154. The second kappa shape index (κ2) is 6.67. The van der Waals surface area contributed by atoms with E-state index >= 15 is 0 Å². The number of rotatable bonds is 5. The standard InChI is InChI=1S/C11H22N2O2/c1-9(10-5-3-2-4-6-10)13-7-8-15-11(12)14/h9-10,13H,2-8H2,1H3,(H2,12,14). The zero-order valence-electron chi connectivity index (χ0n) is 9.50. The number of nitrogens with two attached hydrogens (primary N) is 1. The first kappa shape index (κ1) is 12.3. The van der Waals surface area contributed by atoms with E-state index in [1.54, 1.807) is 0 Å². The van der Waals surface area contributed by atoms with Crippen molar-refractivity contribution in [3.05, 3.63) is 0 Å². The highest BCUT2D eigenvalue weighted by Crippen LogP contribution is 2.26. The molecular weight excluding hydrogens is 192 g/mol. The van der Waals surface area contributed by atoms with Gasteiger partial charge in [-0.1, -0.05) is 19.3 Å². The quantitative estimate of drug-likeness (QED) is 0.684. The monoisotopic (exact) mass is 214 g/mol. The van der Waals surface area contributed by atoms with E-state index < -0.39 is 6.09 Å². The topological polar surface area (TPSA) is 64.3 Å². The molecule has 0 heterocycles. The van der Waals surface area contributed by atoms with Crippen LogP contribution in [0.25, 0.3) is 0 Å². The average molecular weight is 214 g/mol. The lowest BCUT2D eigenvalue weighted by atomic mass is 9.84. The van der Waals surface area contributed by atoms with Gasteiger partial charge in [0.1, 0.15) is 6.61 Å². The Morgan fingerprint density at radius 2 is 2.13 bits per heavy atom. The largest absolute Gasteiger partial charge is 0.448 e. The predicted molar refractivity (Wildman–Crippen MR) is 59.6 cm³/mol. The normalized spacial score (nSPS) is 19.8. The number of hydrogen-bond donors (Lipinski definition) is 2. The Morgan fingerprint density at radius 3 is 2.73 bits per heavy atom. The van der Waals surface area contributed by atoms with Crippen LogP contribution in [0.2, 0.25) is 0 Å². The van der Waals surface area contributed by atoms with Crippen LogP contribution in [0.4, 0.5) is 4.79 Å². The van der Waals surface area contributed by atoms with Gasteiger partial charge in [-0.05, 0) is 25.7 Å². The molecule has 0 aliphatic heterocycles. The fourth-order valence-corrected chi connectivity index (χ4v) is 2.24. The molecular formula is C11H22N2O2. The molecule has 0 radical (unpaired) electrons. The zero-order valence-corrected chi connectivity index (χ0v) is 9.50. The van der Waals surface area contributed by atoms with Crippen LogP contribution >= 0.6 is 0 Å². The Balaban J connectivity index is 2.06. The lowest BCUT2D eigenvalue weighted by Gasteiger charge is -2.28. The molecule has 0 spiro atoms. The molecule has 4 heteroatoms. The molecule has 4 nitrogen and oxygen atoms in total. The summed E-state index contributed by atoms with van der Waals surface area (Å²) in [6.07, 6.45) is 6.05. The van der Waals surface area contributed by atoms with Crippen LogP contribution in [0, 0.1) is 5.92 Å². The molecule has 88 valence electrons. The van der Waals surface area contributed by atoms with E-state index in [1.165, 1.54) is 32.1 Å². The van der Waals surface area contributed by atoms with Crippen LogP contribution in [0.15, 0.2) is 0 Å². The number of carbonyl (C=O) groups excluding carboxylic acids is 1. The highest BCUT2D eigenvalue weighted by atomic mass is 16.5. The van der Waals surface area contributed by atoms with E-state index in [0.29, 0.717) is 19.2 Å². The maximum absolute atomic E-state index is 10.3. The summed E-state index contributed by atoms with van der Waals surface area (Å²) in [5, 5.41) is 3.37. The minimum absolute atomic E-state index is 0.367. The van der Waals surface area contributed by atoms with E-state index in [9.17, 15) is 4.79 Å². The molecule has 0 bridgehead atoms. The molecule has 1 fully saturated rings. The summed E-state index contributed by atoms with van der Waals surface area (Å²) in [6, 6.07) is 0.516. The second-order valence-electron chi connectivity index (χ2n) is 4.31. The van der Waals surface area contributed by atoms with Crippen molar-refractivity contribution in [2.45, 2.75) is 45.1 Å². The smallest absolute Gasteiger partial charge is 0.404 e. The molecule has 1 saturated carbocycles. The number of ether oxygens (including phenoxy) is 1. The van der Waals surface area contributed by atoms with Gasteiger partial charge in [0.15, 0.2) is 0 Å². The Hall–Kier alpha value is -0.770. The lowest BCUT2D eigenvalue weighted by Crippen LogP contribution is -2.37. The summed E-state index contributed by atoms with van der Waals surface area (Å²) in [4.78, 5) is 10.3. The minimum Gasteiger partial charge on any atom is -0.448 e. The fraction of sp³-hybridized carbons (Fsp3) is 0.909. The van der Waals surface area contributed by atoms with Crippen LogP contribution < -0.4 is 11.1 Å². The minimum atomic E-state index is -0.692. The molecule has 1 aliphatic carbocycles. The molecule has 0 saturated heterocycles. The van der Waals surface area contributed by atoms with Gasteiger partial charge in [-0.3, -0.25) is 0 Å². The van der Waals surface area contributed by atoms with Crippen LogP contribution in [0.3, 0.4) is 0 Å². The average Bonchev–Trinajstić information content (AvgIpc) is 2.25. The maximum atomic E-state index is 10.3. The Morgan fingerprint density at radius 1 is 1.47 bits per heavy atom. The molecule has 1 aliphatic rings. The Kier molecular flexibility index (Phi) is 5.47. The molecule has 1 unspecified atom stereocenters. The zero-order chi connectivity index (χ0) is 11.1. The predicted octanol–water partition coefficient (Wildman–Crippen LogP) is 1.64. The summed E-state index contributed by atoms with van der Waals surface area (Å²) >= 11 is 0. The molecule has 0 aromatic carbocycles. The first-order chi connectivity index (χ1) is 7.20. The number of amides is 1. The van der Waals surface area contributed by atoms with Gasteiger partial charge in [-0.25, -0.2) is 4.79 Å². The summed E-state index contributed by atoms with van der Waals surface area (Å²) in [5.74, 6) is 0.785. The number of primary amides is 1. The highest BCUT2D eigenvalue weighted by molar-refractivity contribution is 5.64. The first-order valence-corrected chi connectivity index (χ1v) is 5.86. The van der Waals surface area contributed by atoms with Gasteiger partial charge in [-0.15, -0.1) is 0 Å². The molecule has 15 heavy (non-hydrogen) atoms. The summed E-state index contributed by atoms with van der Waals surface area (Å²) in [6.45, 7) is 3.27. The van der Waals surface area contributed by atoms with Crippen molar-refractivity contribution >= 4 is 6.09 Å². The van der Waals surface area contributed by atoms with Gasteiger partial charge in [0.25, 0.3) is 0 Å². The van der Waals surface area contributed by atoms with Crippen LogP contribution in [0.5, 0.6) is 0 Å². The summed E-state index contributed by atoms with van der Waals surface area (Å²) in [7, 11) is 0. The number of nitrogens with one attached hydrogen (secondary N) is 1. The van der Waals surface area contributed by atoms with Gasteiger partial charge >= 0.3 is 6.09 Å². The van der Waals surface area contributed by atoms with Crippen molar-refractivity contribution in [3.8, 4) is 0 Å². The first-order valence-electron chi connectivity index (χ1n) is 5.86. The SMILES string of the molecule is CC(NCCOC(N)=O)C1CCCCC1. The van der Waals surface area contributed by atoms with E-state index in [-0.39, 0.29) is 0 Å². The van der Waals surface area contributed by atoms with Crippen LogP contribution in [-0.2, 0) is 4.74 Å². The van der Waals surface area contributed by atoms with Crippen molar-refractivity contribution in [1.82, 2.24) is 5.32 Å².